The fraction of sp³-hybridized carbons (Fsp3) is 0.0714. The van der Waals surface area contributed by atoms with Gasteiger partial charge in [-0.05, 0) is 36.8 Å². The van der Waals surface area contributed by atoms with Crippen LogP contribution >= 0.6 is 11.6 Å². The molecule has 0 aliphatic carbocycles. The van der Waals surface area contributed by atoms with Crippen LogP contribution in [0.4, 0.5) is 17.1 Å². The Labute approximate surface area is 125 Å². The number of carbonyl (C=O) groups is 1. The molecule has 7 heteroatoms. The molecule has 0 bridgehead atoms. The van der Waals surface area contributed by atoms with E-state index in [0.29, 0.717) is 16.9 Å². The summed E-state index contributed by atoms with van der Waals surface area (Å²) in [4.78, 5) is 22.1. The van der Waals surface area contributed by atoms with Crippen molar-refractivity contribution in [3.8, 4) is 0 Å². The van der Waals surface area contributed by atoms with E-state index < -0.39 is 4.92 Å². The highest BCUT2D eigenvalue weighted by atomic mass is 35.5. The molecule has 0 fully saturated rings. The molecule has 21 heavy (non-hydrogen) atoms. The van der Waals surface area contributed by atoms with Gasteiger partial charge >= 0.3 is 0 Å². The fourth-order valence-corrected chi connectivity index (χ4v) is 1.97. The number of halogens is 1. The highest BCUT2D eigenvalue weighted by Crippen LogP contribution is 2.27. The second-order valence-electron chi connectivity index (χ2n) is 4.45. The molecule has 3 N–H and O–H groups in total. The van der Waals surface area contributed by atoms with Gasteiger partial charge in [0.1, 0.15) is 5.02 Å². The van der Waals surface area contributed by atoms with Gasteiger partial charge in [0.25, 0.3) is 11.6 Å². The van der Waals surface area contributed by atoms with Gasteiger partial charge in [0.2, 0.25) is 0 Å². The topological polar surface area (TPSA) is 98.3 Å². The summed E-state index contributed by atoms with van der Waals surface area (Å²) in [5.41, 5.74) is 7.70. The zero-order valence-electron chi connectivity index (χ0n) is 11.1. The molecule has 0 aliphatic rings. The van der Waals surface area contributed by atoms with Crippen LogP contribution in [0.5, 0.6) is 0 Å². The average Bonchev–Trinajstić information content (AvgIpc) is 2.41. The standard InChI is InChI=1S/C14H12ClN3O3/c1-8-2-3-9(6-12(8)16)14(19)17-10-4-5-13(18(20)21)11(15)7-10/h2-7H,16H2,1H3,(H,17,19). The van der Waals surface area contributed by atoms with Gasteiger partial charge in [-0.3, -0.25) is 14.9 Å². The van der Waals surface area contributed by atoms with Crippen LogP contribution in [-0.4, -0.2) is 10.8 Å². The summed E-state index contributed by atoms with van der Waals surface area (Å²) < 4.78 is 0. The predicted molar refractivity (Wildman–Crippen MR) is 81.7 cm³/mol. The van der Waals surface area contributed by atoms with Crippen LogP contribution in [0.2, 0.25) is 5.02 Å². The first-order valence-electron chi connectivity index (χ1n) is 6.00. The molecule has 0 atom stereocenters. The first-order chi connectivity index (χ1) is 9.88. The van der Waals surface area contributed by atoms with E-state index in [9.17, 15) is 14.9 Å². The number of hydrogen-bond donors (Lipinski definition) is 2. The molecule has 0 saturated carbocycles. The average molecular weight is 306 g/mol. The van der Waals surface area contributed by atoms with E-state index in [-0.39, 0.29) is 16.6 Å². The molecular weight excluding hydrogens is 294 g/mol. The summed E-state index contributed by atoms with van der Waals surface area (Å²) >= 11 is 5.79. The SMILES string of the molecule is Cc1ccc(C(=O)Nc2ccc([N+](=O)[O-])c(Cl)c2)cc1N. The molecule has 1 amide bonds. The summed E-state index contributed by atoms with van der Waals surface area (Å²) in [6, 6.07) is 8.94. The van der Waals surface area contributed by atoms with E-state index in [1.165, 1.54) is 18.2 Å². The highest BCUT2D eigenvalue weighted by Gasteiger charge is 2.14. The first kappa shape index (κ1) is 14.8. The molecular formula is C14H12ClN3O3. The van der Waals surface area contributed by atoms with Crippen LogP contribution < -0.4 is 11.1 Å². The number of carbonyl (C=O) groups excluding carboxylic acids is 1. The Hall–Kier alpha value is -2.60. The number of nitro groups is 1. The first-order valence-corrected chi connectivity index (χ1v) is 6.37. The zero-order valence-corrected chi connectivity index (χ0v) is 11.8. The van der Waals surface area contributed by atoms with E-state index in [4.69, 9.17) is 17.3 Å². The lowest BCUT2D eigenvalue weighted by Gasteiger charge is -2.07. The van der Waals surface area contributed by atoms with E-state index in [0.717, 1.165) is 5.56 Å². The number of benzene rings is 2. The number of nitro benzene ring substituents is 1. The minimum Gasteiger partial charge on any atom is -0.398 e. The Morgan fingerprint density at radius 2 is 2.00 bits per heavy atom. The Morgan fingerprint density at radius 3 is 2.57 bits per heavy atom. The van der Waals surface area contributed by atoms with E-state index >= 15 is 0 Å². The number of anilines is 2. The van der Waals surface area contributed by atoms with Gasteiger partial charge in [0.15, 0.2) is 0 Å². The Kier molecular flexibility index (Phi) is 4.09. The van der Waals surface area contributed by atoms with E-state index in [1.54, 1.807) is 18.2 Å². The smallest absolute Gasteiger partial charge is 0.288 e. The van der Waals surface area contributed by atoms with Gasteiger partial charge in [-0.1, -0.05) is 17.7 Å². The molecule has 0 saturated heterocycles. The molecule has 0 unspecified atom stereocenters. The third-order valence-corrected chi connectivity index (χ3v) is 3.25. The van der Waals surface area contributed by atoms with Crippen LogP contribution in [0.1, 0.15) is 15.9 Å². The Balaban J connectivity index is 2.21. The minimum atomic E-state index is -0.589. The van der Waals surface area contributed by atoms with Gasteiger partial charge in [0, 0.05) is 23.0 Å². The number of nitrogens with one attached hydrogen (secondary N) is 1. The lowest BCUT2D eigenvalue weighted by Crippen LogP contribution is -2.12. The van der Waals surface area contributed by atoms with Crippen molar-refractivity contribution in [2.75, 3.05) is 11.1 Å². The second kappa shape index (κ2) is 5.80. The number of nitrogen functional groups attached to an aromatic ring is 1. The van der Waals surface area contributed by atoms with Crippen LogP contribution in [0.25, 0.3) is 0 Å². The number of hydrogen-bond acceptors (Lipinski definition) is 4. The van der Waals surface area contributed by atoms with Crippen molar-refractivity contribution in [1.82, 2.24) is 0 Å². The maximum atomic E-state index is 12.1. The van der Waals surface area contributed by atoms with Crippen LogP contribution in [0, 0.1) is 17.0 Å². The van der Waals surface area contributed by atoms with Crippen molar-refractivity contribution >= 4 is 34.6 Å². The Morgan fingerprint density at radius 1 is 1.29 bits per heavy atom. The lowest BCUT2D eigenvalue weighted by molar-refractivity contribution is -0.384. The maximum absolute atomic E-state index is 12.1. The minimum absolute atomic E-state index is 0.0405. The number of nitrogens with zero attached hydrogens (tertiary/aromatic N) is 1. The second-order valence-corrected chi connectivity index (χ2v) is 4.86. The molecule has 2 aromatic carbocycles. The van der Waals surface area contributed by atoms with E-state index in [2.05, 4.69) is 5.32 Å². The molecule has 0 aliphatic heterocycles. The molecule has 2 rings (SSSR count). The lowest BCUT2D eigenvalue weighted by atomic mass is 10.1. The highest BCUT2D eigenvalue weighted by molar-refractivity contribution is 6.33. The summed E-state index contributed by atoms with van der Waals surface area (Å²) in [5, 5.41) is 13.2. The summed E-state index contributed by atoms with van der Waals surface area (Å²) in [6.07, 6.45) is 0. The molecule has 108 valence electrons. The molecule has 0 heterocycles. The largest absolute Gasteiger partial charge is 0.398 e. The number of nitrogens with two attached hydrogens (primary N) is 1. The van der Waals surface area contributed by atoms with Crippen LogP contribution in [0.15, 0.2) is 36.4 Å². The van der Waals surface area contributed by atoms with Crippen LogP contribution in [0.3, 0.4) is 0 Å². The monoisotopic (exact) mass is 305 g/mol. The third kappa shape index (κ3) is 3.29. The molecule has 2 aromatic rings. The van der Waals surface area contributed by atoms with Gasteiger partial charge < -0.3 is 11.1 Å². The van der Waals surface area contributed by atoms with Crippen molar-refractivity contribution in [3.05, 3.63) is 62.7 Å². The van der Waals surface area contributed by atoms with Gasteiger partial charge in [0.05, 0.1) is 4.92 Å². The van der Waals surface area contributed by atoms with E-state index in [1.807, 2.05) is 6.92 Å². The Bertz CT molecular complexity index is 731. The molecule has 0 aromatic heterocycles. The predicted octanol–water partition coefficient (Wildman–Crippen LogP) is 3.39. The molecule has 0 spiro atoms. The summed E-state index contributed by atoms with van der Waals surface area (Å²) in [5.74, 6) is -0.369. The van der Waals surface area contributed by atoms with Gasteiger partial charge in [-0.25, -0.2) is 0 Å². The quantitative estimate of drug-likeness (QED) is 0.516. The molecule has 0 radical (unpaired) electrons. The van der Waals surface area contributed by atoms with Gasteiger partial charge in [-0.2, -0.15) is 0 Å². The number of amides is 1. The summed E-state index contributed by atoms with van der Waals surface area (Å²) in [7, 11) is 0. The fourth-order valence-electron chi connectivity index (χ4n) is 1.72. The third-order valence-electron chi connectivity index (χ3n) is 2.94. The summed E-state index contributed by atoms with van der Waals surface area (Å²) in [6.45, 7) is 1.84. The van der Waals surface area contributed by atoms with Crippen molar-refractivity contribution in [1.29, 1.82) is 0 Å². The van der Waals surface area contributed by atoms with Crippen molar-refractivity contribution in [2.24, 2.45) is 0 Å². The van der Waals surface area contributed by atoms with Crippen molar-refractivity contribution in [3.63, 3.8) is 0 Å². The molecule has 6 nitrogen and oxygen atoms in total. The van der Waals surface area contributed by atoms with Crippen molar-refractivity contribution < 1.29 is 9.72 Å². The zero-order chi connectivity index (χ0) is 15.6. The van der Waals surface area contributed by atoms with Crippen molar-refractivity contribution in [2.45, 2.75) is 6.92 Å². The normalized spacial score (nSPS) is 10.2. The van der Waals surface area contributed by atoms with Gasteiger partial charge in [-0.15, -0.1) is 0 Å². The number of rotatable bonds is 3. The maximum Gasteiger partial charge on any atom is 0.288 e. The number of aryl methyl sites for hydroxylation is 1. The van der Waals surface area contributed by atoms with Crippen LogP contribution in [-0.2, 0) is 0 Å².